The van der Waals surface area contributed by atoms with Crippen LogP contribution < -0.4 is 5.73 Å². The maximum atomic E-state index is 5.98. The molecule has 0 spiro atoms. The summed E-state index contributed by atoms with van der Waals surface area (Å²) in [6, 6.07) is 23.1. The Hall–Kier alpha value is -2.80. The van der Waals surface area contributed by atoms with Gasteiger partial charge < -0.3 is 5.73 Å². The SMILES string of the molecule is C=C(c1ccccc1)c1cc(C)ccc1-c1ccc(N)cc1CC. The maximum Gasteiger partial charge on any atom is 0.0317 e. The zero-order chi connectivity index (χ0) is 17.1. The lowest BCUT2D eigenvalue weighted by atomic mass is 9.88. The van der Waals surface area contributed by atoms with Gasteiger partial charge in [0.15, 0.2) is 0 Å². The second-order valence-electron chi connectivity index (χ2n) is 6.16. The Labute approximate surface area is 144 Å². The molecule has 0 aliphatic rings. The molecule has 0 fully saturated rings. The molecule has 1 heteroatoms. The van der Waals surface area contributed by atoms with E-state index in [1.165, 1.54) is 27.8 Å². The van der Waals surface area contributed by atoms with E-state index in [9.17, 15) is 0 Å². The van der Waals surface area contributed by atoms with E-state index >= 15 is 0 Å². The summed E-state index contributed by atoms with van der Waals surface area (Å²) in [5, 5.41) is 0. The van der Waals surface area contributed by atoms with E-state index < -0.39 is 0 Å². The topological polar surface area (TPSA) is 26.0 Å². The minimum absolute atomic E-state index is 0.811. The fourth-order valence-electron chi connectivity index (χ4n) is 3.11. The van der Waals surface area contributed by atoms with Crippen LogP contribution in [-0.2, 0) is 6.42 Å². The molecule has 1 nitrogen and oxygen atoms in total. The molecule has 3 rings (SSSR count). The predicted molar refractivity (Wildman–Crippen MR) is 105 cm³/mol. The lowest BCUT2D eigenvalue weighted by Gasteiger charge is -2.17. The summed E-state index contributed by atoms with van der Waals surface area (Å²) in [5.41, 5.74) is 15.1. The second-order valence-corrected chi connectivity index (χ2v) is 6.16. The Balaban J connectivity index is 2.19. The molecule has 0 aliphatic carbocycles. The monoisotopic (exact) mass is 313 g/mol. The van der Waals surface area contributed by atoms with E-state index in [-0.39, 0.29) is 0 Å². The minimum atomic E-state index is 0.811. The van der Waals surface area contributed by atoms with Crippen molar-refractivity contribution < 1.29 is 0 Å². The van der Waals surface area contributed by atoms with Gasteiger partial charge in [-0.05, 0) is 58.9 Å². The van der Waals surface area contributed by atoms with Crippen LogP contribution in [-0.4, -0.2) is 0 Å². The highest BCUT2D eigenvalue weighted by atomic mass is 14.5. The van der Waals surface area contributed by atoms with Crippen molar-refractivity contribution in [3.05, 3.63) is 95.6 Å². The number of nitrogens with two attached hydrogens (primary N) is 1. The van der Waals surface area contributed by atoms with E-state index in [1.807, 2.05) is 12.1 Å². The van der Waals surface area contributed by atoms with Crippen molar-refractivity contribution in [1.82, 2.24) is 0 Å². The molecule has 0 aromatic heterocycles. The highest BCUT2D eigenvalue weighted by Gasteiger charge is 2.13. The minimum Gasteiger partial charge on any atom is -0.399 e. The Morgan fingerprint density at radius 3 is 2.33 bits per heavy atom. The zero-order valence-corrected chi connectivity index (χ0v) is 14.3. The van der Waals surface area contributed by atoms with Gasteiger partial charge >= 0.3 is 0 Å². The first-order valence-corrected chi connectivity index (χ1v) is 8.34. The number of anilines is 1. The van der Waals surface area contributed by atoms with Gasteiger partial charge in [0.25, 0.3) is 0 Å². The highest BCUT2D eigenvalue weighted by Crippen LogP contribution is 2.35. The summed E-state index contributed by atoms with van der Waals surface area (Å²) < 4.78 is 0. The van der Waals surface area contributed by atoms with Crippen LogP contribution in [0.3, 0.4) is 0 Å². The van der Waals surface area contributed by atoms with Gasteiger partial charge in [0.05, 0.1) is 0 Å². The lowest BCUT2D eigenvalue weighted by Crippen LogP contribution is -1.96. The van der Waals surface area contributed by atoms with E-state index in [1.54, 1.807) is 0 Å². The molecule has 2 N–H and O–H groups in total. The maximum absolute atomic E-state index is 5.98. The highest BCUT2D eigenvalue weighted by molar-refractivity contribution is 5.89. The number of rotatable bonds is 4. The molecular weight excluding hydrogens is 290 g/mol. The van der Waals surface area contributed by atoms with Crippen LogP contribution in [0.4, 0.5) is 5.69 Å². The summed E-state index contributed by atoms with van der Waals surface area (Å²) in [6.45, 7) is 8.66. The Kier molecular flexibility index (Phi) is 4.52. The van der Waals surface area contributed by atoms with Crippen LogP contribution >= 0.6 is 0 Å². The van der Waals surface area contributed by atoms with Crippen molar-refractivity contribution in [3.8, 4) is 11.1 Å². The molecule has 3 aromatic rings. The largest absolute Gasteiger partial charge is 0.399 e. The van der Waals surface area contributed by atoms with Crippen LogP contribution in [0.2, 0.25) is 0 Å². The normalized spacial score (nSPS) is 10.6. The number of aryl methyl sites for hydroxylation is 2. The smallest absolute Gasteiger partial charge is 0.0317 e. The molecule has 0 aliphatic heterocycles. The number of hydrogen-bond donors (Lipinski definition) is 1. The third-order valence-corrected chi connectivity index (χ3v) is 4.42. The molecule has 0 atom stereocenters. The van der Waals surface area contributed by atoms with Crippen molar-refractivity contribution in [2.45, 2.75) is 20.3 Å². The summed E-state index contributed by atoms with van der Waals surface area (Å²) in [5.74, 6) is 0. The first-order chi connectivity index (χ1) is 11.6. The van der Waals surface area contributed by atoms with Gasteiger partial charge in [-0.15, -0.1) is 0 Å². The molecule has 0 bridgehead atoms. The summed E-state index contributed by atoms with van der Waals surface area (Å²) in [7, 11) is 0. The second kappa shape index (κ2) is 6.76. The summed E-state index contributed by atoms with van der Waals surface area (Å²) in [4.78, 5) is 0. The van der Waals surface area contributed by atoms with Crippen molar-refractivity contribution in [1.29, 1.82) is 0 Å². The lowest BCUT2D eigenvalue weighted by molar-refractivity contribution is 1.14. The van der Waals surface area contributed by atoms with Crippen LogP contribution in [0.1, 0.15) is 29.2 Å². The summed E-state index contributed by atoms with van der Waals surface area (Å²) >= 11 is 0. The third kappa shape index (κ3) is 3.11. The Bertz CT molecular complexity index is 876. The Morgan fingerprint density at radius 1 is 0.917 bits per heavy atom. The van der Waals surface area contributed by atoms with E-state index in [0.29, 0.717) is 0 Å². The van der Waals surface area contributed by atoms with Crippen molar-refractivity contribution in [2.75, 3.05) is 5.73 Å². The molecule has 0 unspecified atom stereocenters. The average Bonchev–Trinajstić information content (AvgIpc) is 2.62. The summed E-state index contributed by atoms with van der Waals surface area (Å²) in [6.07, 6.45) is 0.950. The third-order valence-electron chi connectivity index (χ3n) is 4.42. The van der Waals surface area contributed by atoms with Gasteiger partial charge in [0, 0.05) is 5.69 Å². The van der Waals surface area contributed by atoms with E-state index in [0.717, 1.165) is 23.2 Å². The van der Waals surface area contributed by atoms with Crippen LogP contribution in [0.25, 0.3) is 16.7 Å². The van der Waals surface area contributed by atoms with Gasteiger partial charge in [0.2, 0.25) is 0 Å². The van der Waals surface area contributed by atoms with Crippen LogP contribution in [0, 0.1) is 6.92 Å². The van der Waals surface area contributed by atoms with Crippen molar-refractivity contribution >= 4 is 11.3 Å². The van der Waals surface area contributed by atoms with Gasteiger partial charge in [-0.3, -0.25) is 0 Å². The number of nitrogen functional groups attached to an aromatic ring is 1. The quantitative estimate of drug-likeness (QED) is 0.599. The molecule has 0 saturated heterocycles. The molecule has 3 aromatic carbocycles. The first-order valence-electron chi connectivity index (χ1n) is 8.34. The predicted octanol–water partition coefficient (Wildman–Crippen LogP) is 5.87. The molecular formula is C23H23N. The van der Waals surface area contributed by atoms with Gasteiger partial charge in [-0.2, -0.15) is 0 Å². The molecule has 120 valence electrons. The van der Waals surface area contributed by atoms with E-state index in [2.05, 4.69) is 75.0 Å². The van der Waals surface area contributed by atoms with Crippen LogP contribution in [0.5, 0.6) is 0 Å². The number of benzene rings is 3. The van der Waals surface area contributed by atoms with Crippen molar-refractivity contribution in [3.63, 3.8) is 0 Å². The fraction of sp³-hybridized carbons (Fsp3) is 0.130. The van der Waals surface area contributed by atoms with Gasteiger partial charge in [0.1, 0.15) is 0 Å². The molecule has 0 heterocycles. The fourth-order valence-corrected chi connectivity index (χ4v) is 3.11. The molecule has 24 heavy (non-hydrogen) atoms. The first kappa shape index (κ1) is 16.1. The number of hydrogen-bond acceptors (Lipinski definition) is 1. The van der Waals surface area contributed by atoms with Crippen molar-refractivity contribution in [2.24, 2.45) is 0 Å². The standard InChI is InChI=1S/C23H23N/c1-4-18-15-20(24)11-13-21(18)22-12-10-16(2)14-23(22)17(3)19-8-6-5-7-9-19/h5-15H,3-4,24H2,1-2H3. The van der Waals surface area contributed by atoms with Gasteiger partial charge in [-0.1, -0.05) is 73.7 Å². The average molecular weight is 313 g/mol. The van der Waals surface area contributed by atoms with E-state index in [4.69, 9.17) is 5.73 Å². The molecule has 0 radical (unpaired) electrons. The van der Waals surface area contributed by atoms with Crippen LogP contribution in [0.15, 0.2) is 73.3 Å². The van der Waals surface area contributed by atoms with Gasteiger partial charge in [-0.25, -0.2) is 0 Å². The zero-order valence-electron chi connectivity index (χ0n) is 14.3. The Morgan fingerprint density at radius 2 is 1.62 bits per heavy atom. The molecule has 0 saturated carbocycles. The molecule has 0 amide bonds.